The van der Waals surface area contributed by atoms with Crippen LogP contribution >= 0.6 is 12.4 Å². The van der Waals surface area contributed by atoms with E-state index < -0.39 is 0 Å². The molecule has 2 aromatic carbocycles. The highest BCUT2D eigenvalue weighted by Gasteiger charge is 2.06. The van der Waals surface area contributed by atoms with Crippen LogP contribution in [0, 0.1) is 13.8 Å². The average molecular weight is 452 g/mol. The van der Waals surface area contributed by atoms with Gasteiger partial charge in [-0.25, -0.2) is 19.4 Å². The molecule has 4 rings (SSSR count). The van der Waals surface area contributed by atoms with Crippen LogP contribution in [0.1, 0.15) is 23.9 Å². The second kappa shape index (κ2) is 10.1. The zero-order valence-electron chi connectivity index (χ0n) is 18.2. The Bertz CT molecular complexity index is 1220. The summed E-state index contributed by atoms with van der Waals surface area (Å²) in [7, 11) is 0. The van der Waals surface area contributed by atoms with E-state index in [2.05, 4.69) is 62.2 Å². The minimum atomic E-state index is -0.259. The summed E-state index contributed by atoms with van der Waals surface area (Å²) in [5, 5.41) is 15.4. The van der Waals surface area contributed by atoms with Crippen molar-refractivity contribution in [1.29, 1.82) is 0 Å². The van der Waals surface area contributed by atoms with Crippen LogP contribution in [-0.4, -0.2) is 32.3 Å². The second-order valence-corrected chi connectivity index (χ2v) is 7.32. The molecule has 2 heterocycles. The molecule has 0 saturated carbocycles. The molecule has 0 atom stereocenters. The highest BCUT2D eigenvalue weighted by atomic mass is 35.5. The Hall–Kier alpha value is -3.65. The molecule has 2 aromatic heterocycles. The summed E-state index contributed by atoms with van der Waals surface area (Å²) in [6, 6.07) is 14.0. The third-order valence-corrected chi connectivity index (χ3v) is 4.93. The molecule has 0 fully saturated rings. The fourth-order valence-electron chi connectivity index (χ4n) is 3.37. The van der Waals surface area contributed by atoms with Crippen LogP contribution in [0.25, 0.3) is 16.5 Å². The number of anilines is 2. The van der Waals surface area contributed by atoms with Crippen molar-refractivity contribution in [3.8, 4) is 5.69 Å². The lowest BCUT2D eigenvalue weighted by molar-refractivity contribution is 0.252. The fraction of sp³-hybridized carbons (Fsp3) is 0.217. The number of carbonyl (C=O) groups is 1. The first-order valence-corrected chi connectivity index (χ1v) is 10.2. The number of nitrogens with one attached hydrogen (secondary N) is 3. The molecule has 0 saturated heterocycles. The van der Waals surface area contributed by atoms with Crippen molar-refractivity contribution in [2.75, 3.05) is 17.2 Å². The molecule has 0 radical (unpaired) electrons. The maximum Gasteiger partial charge on any atom is 0.320 e. The molecule has 8 nitrogen and oxygen atoms in total. The maximum atomic E-state index is 11.8. The molecule has 2 amide bonds. The lowest BCUT2D eigenvalue weighted by Gasteiger charge is -2.12. The Morgan fingerprint density at radius 1 is 1.06 bits per heavy atom. The van der Waals surface area contributed by atoms with E-state index in [-0.39, 0.29) is 18.4 Å². The van der Waals surface area contributed by atoms with Gasteiger partial charge in [-0.1, -0.05) is 12.1 Å². The van der Waals surface area contributed by atoms with Crippen LogP contribution in [0.4, 0.5) is 16.3 Å². The third kappa shape index (κ3) is 5.33. The monoisotopic (exact) mass is 451 g/mol. The van der Waals surface area contributed by atoms with Gasteiger partial charge in [-0.05, 0) is 67.6 Å². The van der Waals surface area contributed by atoms with E-state index >= 15 is 0 Å². The molecule has 0 aliphatic carbocycles. The van der Waals surface area contributed by atoms with E-state index in [9.17, 15) is 4.79 Å². The smallest absolute Gasteiger partial charge is 0.320 e. The second-order valence-electron chi connectivity index (χ2n) is 7.32. The highest BCUT2D eigenvalue weighted by molar-refractivity contribution is 5.94. The van der Waals surface area contributed by atoms with Gasteiger partial charge in [0.25, 0.3) is 0 Å². The first-order valence-electron chi connectivity index (χ1n) is 10.2. The van der Waals surface area contributed by atoms with Crippen molar-refractivity contribution < 1.29 is 4.79 Å². The summed E-state index contributed by atoms with van der Waals surface area (Å²) in [5.74, 6) is 1.27. The summed E-state index contributed by atoms with van der Waals surface area (Å²) < 4.78 is 1.76. The number of fused-ring (bicyclic) bond motifs is 1. The number of halogens is 1. The van der Waals surface area contributed by atoms with Gasteiger partial charge in [0.05, 0.1) is 5.69 Å². The van der Waals surface area contributed by atoms with Crippen molar-refractivity contribution in [2.45, 2.75) is 27.3 Å². The number of aryl methyl sites for hydroxylation is 2. The Labute approximate surface area is 192 Å². The van der Waals surface area contributed by atoms with E-state index in [0.717, 1.165) is 39.1 Å². The molecule has 0 spiro atoms. The quantitative estimate of drug-likeness (QED) is 0.398. The molecule has 0 unspecified atom stereocenters. The van der Waals surface area contributed by atoms with Gasteiger partial charge in [-0.3, -0.25) is 5.32 Å². The van der Waals surface area contributed by atoms with Crippen molar-refractivity contribution in [2.24, 2.45) is 0 Å². The number of amides is 2. The van der Waals surface area contributed by atoms with Gasteiger partial charge in [0.2, 0.25) is 0 Å². The van der Waals surface area contributed by atoms with Crippen molar-refractivity contribution in [3.05, 3.63) is 71.9 Å². The van der Waals surface area contributed by atoms with E-state index in [1.807, 2.05) is 32.0 Å². The topological polar surface area (TPSA) is 96.8 Å². The van der Waals surface area contributed by atoms with E-state index in [1.165, 1.54) is 0 Å². The minimum absolute atomic E-state index is 0. The number of hydrogen-bond donors (Lipinski definition) is 3. The number of aromatic nitrogens is 4. The van der Waals surface area contributed by atoms with Crippen molar-refractivity contribution in [3.63, 3.8) is 0 Å². The lowest BCUT2D eigenvalue weighted by Crippen LogP contribution is -2.28. The van der Waals surface area contributed by atoms with E-state index in [0.29, 0.717) is 18.9 Å². The summed E-state index contributed by atoms with van der Waals surface area (Å²) in [6.07, 6.45) is 3.50. The molecular weight excluding hydrogens is 426 g/mol. The molecule has 0 aliphatic rings. The summed E-state index contributed by atoms with van der Waals surface area (Å²) in [5.41, 5.74) is 4.27. The number of benzene rings is 2. The molecule has 4 aromatic rings. The summed E-state index contributed by atoms with van der Waals surface area (Å²) in [4.78, 5) is 20.3. The SMILES string of the molecule is CCNC(=O)Nc1cc2cc(NCc3ccc(-n4cnc(C)n4)cc3)cc(C)c2cn1.Cl. The molecule has 32 heavy (non-hydrogen) atoms. The van der Waals surface area contributed by atoms with Gasteiger partial charge in [-0.2, -0.15) is 5.10 Å². The van der Waals surface area contributed by atoms with Crippen LogP contribution in [0.3, 0.4) is 0 Å². The van der Waals surface area contributed by atoms with Gasteiger partial charge >= 0.3 is 6.03 Å². The molecule has 0 aliphatic heterocycles. The fourth-order valence-corrected chi connectivity index (χ4v) is 3.37. The van der Waals surface area contributed by atoms with Crippen LogP contribution in [0.15, 0.2) is 55.0 Å². The Morgan fingerprint density at radius 3 is 2.53 bits per heavy atom. The Morgan fingerprint density at radius 2 is 1.84 bits per heavy atom. The number of urea groups is 1. The minimum Gasteiger partial charge on any atom is -0.381 e. The van der Waals surface area contributed by atoms with Crippen molar-refractivity contribution in [1.82, 2.24) is 25.1 Å². The summed E-state index contributed by atoms with van der Waals surface area (Å²) in [6.45, 7) is 7.05. The lowest BCUT2D eigenvalue weighted by atomic mass is 10.1. The molecular formula is C23H26ClN7O. The van der Waals surface area contributed by atoms with Gasteiger partial charge in [-0.15, -0.1) is 12.4 Å². The number of rotatable bonds is 6. The van der Waals surface area contributed by atoms with Crippen LogP contribution in [0.5, 0.6) is 0 Å². The maximum absolute atomic E-state index is 11.8. The van der Waals surface area contributed by atoms with Crippen LogP contribution in [0.2, 0.25) is 0 Å². The van der Waals surface area contributed by atoms with Gasteiger partial charge < -0.3 is 10.6 Å². The zero-order valence-corrected chi connectivity index (χ0v) is 19.0. The van der Waals surface area contributed by atoms with Gasteiger partial charge in [0.1, 0.15) is 18.0 Å². The third-order valence-electron chi connectivity index (χ3n) is 4.93. The summed E-state index contributed by atoms with van der Waals surface area (Å²) >= 11 is 0. The number of carbonyl (C=O) groups excluding carboxylic acids is 1. The Balaban J connectivity index is 0.00000289. The number of pyridine rings is 1. The normalized spacial score (nSPS) is 10.5. The predicted octanol–water partition coefficient (Wildman–Crippen LogP) is 4.61. The number of nitrogens with zero attached hydrogens (tertiary/aromatic N) is 4. The van der Waals surface area contributed by atoms with E-state index in [4.69, 9.17) is 0 Å². The average Bonchev–Trinajstić information content (AvgIpc) is 3.19. The van der Waals surface area contributed by atoms with E-state index in [1.54, 1.807) is 17.2 Å². The standard InChI is InChI=1S/C23H25N7O.ClH/c1-4-24-23(31)28-22-11-18-10-19(9-15(2)21(18)13-26-22)25-12-17-5-7-20(8-6-17)30-14-27-16(3)29-30;/h5-11,13-14,25H,4,12H2,1-3H3,(H2,24,26,28,31);1H. The van der Waals surface area contributed by atoms with Gasteiger partial charge in [0.15, 0.2) is 0 Å². The first kappa shape index (κ1) is 23.0. The molecule has 166 valence electrons. The molecule has 0 bridgehead atoms. The van der Waals surface area contributed by atoms with Gasteiger partial charge in [0, 0.05) is 30.4 Å². The molecule has 3 N–H and O–H groups in total. The predicted molar refractivity (Wildman–Crippen MR) is 130 cm³/mol. The van der Waals surface area contributed by atoms with Crippen LogP contribution in [-0.2, 0) is 6.54 Å². The van der Waals surface area contributed by atoms with Crippen LogP contribution < -0.4 is 16.0 Å². The zero-order chi connectivity index (χ0) is 21.8. The Kier molecular flexibility index (Phi) is 7.27. The molecule has 9 heteroatoms. The first-order chi connectivity index (χ1) is 15.0. The highest BCUT2D eigenvalue weighted by Crippen LogP contribution is 2.25. The largest absolute Gasteiger partial charge is 0.381 e. The number of hydrogen-bond acceptors (Lipinski definition) is 5. The van der Waals surface area contributed by atoms with Crippen molar-refractivity contribution >= 4 is 40.7 Å².